The number of carbonyl (C=O) groups excluding carboxylic acids is 1. The highest BCUT2D eigenvalue weighted by molar-refractivity contribution is 7.00. The summed E-state index contributed by atoms with van der Waals surface area (Å²) in [7, 11) is 0. The maximum atomic E-state index is 12.9. The van der Waals surface area contributed by atoms with Gasteiger partial charge in [0.1, 0.15) is 23.2 Å². The van der Waals surface area contributed by atoms with Crippen molar-refractivity contribution >= 4 is 34.5 Å². The van der Waals surface area contributed by atoms with Crippen LogP contribution < -0.4 is 4.90 Å². The molecule has 1 saturated carbocycles. The molecule has 2 aliphatic rings. The van der Waals surface area contributed by atoms with Crippen molar-refractivity contribution < 1.29 is 4.79 Å². The molecule has 1 amide bonds. The number of rotatable bonds is 4. The van der Waals surface area contributed by atoms with Crippen LogP contribution in [0.3, 0.4) is 0 Å². The van der Waals surface area contributed by atoms with Crippen LogP contribution in [0.1, 0.15) is 36.0 Å². The number of anilines is 1. The van der Waals surface area contributed by atoms with Crippen molar-refractivity contribution in [2.24, 2.45) is 0 Å². The summed E-state index contributed by atoms with van der Waals surface area (Å²) >= 11 is 1.18. The Bertz CT molecular complexity index is 949. The number of likely N-dealkylation sites (tertiary alicyclic amines) is 1. The standard InChI is InChI=1S/C19H20N6OS/c26-19(13-1-4-16-17(11-13)23-27-22-16)24-9-6-15(7-10-24)25(14-2-3-14)18-5-8-20-12-21-18/h1,4-5,8,11-12,14-15H,2-3,6-7,9-10H2. The van der Waals surface area contributed by atoms with E-state index < -0.39 is 0 Å². The van der Waals surface area contributed by atoms with E-state index in [9.17, 15) is 4.79 Å². The molecule has 0 spiro atoms. The molecule has 0 bridgehead atoms. The highest BCUT2D eigenvalue weighted by Crippen LogP contribution is 2.35. The number of amides is 1. The largest absolute Gasteiger partial charge is 0.350 e. The minimum atomic E-state index is 0.0864. The van der Waals surface area contributed by atoms with Crippen molar-refractivity contribution in [1.82, 2.24) is 23.6 Å². The van der Waals surface area contributed by atoms with Crippen LogP contribution in [-0.4, -0.2) is 54.7 Å². The van der Waals surface area contributed by atoms with Crippen LogP contribution >= 0.6 is 11.7 Å². The Morgan fingerprint density at radius 1 is 1.04 bits per heavy atom. The van der Waals surface area contributed by atoms with Gasteiger partial charge in [-0.05, 0) is 49.9 Å². The van der Waals surface area contributed by atoms with E-state index in [1.54, 1.807) is 12.5 Å². The van der Waals surface area contributed by atoms with Crippen LogP contribution in [0.15, 0.2) is 36.8 Å². The maximum absolute atomic E-state index is 12.9. The number of aromatic nitrogens is 4. The molecule has 1 saturated heterocycles. The predicted octanol–water partition coefficient (Wildman–Crippen LogP) is 2.75. The van der Waals surface area contributed by atoms with Gasteiger partial charge in [0.05, 0.1) is 11.7 Å². The Morgan fingerprint density at radius 2 is 1.81 bits per heavy atom. The summed E-state index contributed by atoms with van der Waals surface area (Å²) in [6, 6.07) is 8.60. The Hall–Kier alpha value is -2.61. The predicted molar refractivity (Wildman–Crippen MR) is 104 cm³/mol. The molecule has 8 heteroatoms. The smallest absolute Gasteiger partial charge is 0.253 e. The number of piperidine rings is 1. The van der Waals surface area contributed by atoms with Gasteiger partial charge in [-0.1, -0.05) is 0 Å². The minimum Gasteiger partial charge on any atom is -0.350 e. The highest BCUT2D eigenvalue weighted by Gasteiger charge is 2.37. The number of carbonyl (C=O) groups is 1. The molecule has 138 valence electrons. The fourth-order valence-corrected chi connectivity index (χ4v) is 4.42. The Morgan fingerprint density at radius 3 is 2.56 bits per heavy atom. The van der Waals surface area contributed by atoms with Crippen molar-refractivity contribution in [3.05, 3.63) is 42.4 Å². The molecule has 2 fully saturated rings. The zero-order valence-corrected chi connectivity index (χ0v) is 15.7. The van der Waals surface area contributed by atoms with E-state index in [1.807, 2.05) is 29.2 Å². The molecule has 1 aromatic carbocycles. The van der Waals surface area contributed by atoms with Crippen LogP contribution in [-0.2, 0) is 0 Å². The van der Waals surface area contributed by atoms with E-state index in [2.05, 4.69) is 23.6 Å². The molecular weight excluding hydrogens is 360 g/mol. The summed E-state index contributed by atoms with van der Waals surface area (Å²) in [6.07, 6.45) is 7.81. The molecule has 2 aromatic heterocycles. The fraction of sp³-hybridized carbons (Fsp3) is 0.421. The van der Waals surface area contributed by atoms with Gasteiger partial charge in [0, 0.05) is 36.9 Å². The number of benzene rings is 1. The van der Waals surface area contributed by atoms with Gasteiger partial charge in [0.2, 0.25) is 0 Å². The number of nitrogens with zero attached hydrogens (tertiary/aromatic N) is 6. The molecule has 1 aliphatic heterocycles. The topological polar surface area (TPSA) is 75.1 Å². The van der Waals surface area contributed by atoms with Gasteiger partial charge in [-0.3, -0.25) is 4.79 Å². The van der Waals surface area contributed by atoms with Crippen molar-refractivity contribution in [3.8, 4) is 0 Å². The second-order valence-corrected chi connectivity index (χ2v) is 7.73. The number of hydrogen-bond donors (Lipinski definition) is 0. The first-order valence-corrected chi connectivity index (χ1v) is 10.1. The van der Waals surface area contributed by atoms with Crippen molar-refractivity contribution in [2.75, 3.05) is 18.0 Å². The van der Waals surface area contributed by atoms with Crippen LogP contribution in [0.5, 0.6) is 0 Å². The molecular formula is C19H20N6OS. The zero-order valence-electron chi connectivity index (χ0n) is 14.9. The molecule has 7 nitrogen and oxygen atoms in total. The average molecular weight is 380 g/mol. The van der Waals surface area contributed by atoms with E-state index in [-0.39, 0.29) is 5.91 Å². The molecule has 3 heterocycles. The lowest BCUT2D eigenvalue weighted by Gasteiger charge is -2.39. The zero-order chi connectivity index (χ0) is 18.2. The van der Waals surface area contributed by atoms with Gasteiger partial charge in [0.25, 0.3) is 5.91 Å². The second-order valence-electron chi connectivity index (χ2n) is 7.20. The normalized spacial score (nSPS) is 18.0. The maximum Gasteiger partial charge on any atom is 0.253 e. The molecule has 0 radical (unpaired) electrons. The Kier molecular flexibility index (Phi) is 4.20. The van der Waals surface area contributed by atoms with E-state index in [4.69, 9.17) is 0 Å². The Labute approximate surface area is 161 Å². The van der Waals surface area contributed by atoms with Crippen molar-refractivity contribution in [2.45, 2.75) is 37.8 Å². The van der Waals surface area contributed by atoms with Gasteiger partial charge in [0.15, 0.2) is 0 Å². The van der Waals surface area contributed by atoms with E-state index in [0.29, 0.717) is 17.6 Å². The van der Waals surface area contributed by atoms with Gasteiger partial charge >= 0.3 is 0 Å². The fourth-order valence-electron chi connectivity index (χ4n) is 3.91. The average Bonchev–Trinajstić information content (AvgIpc) is 3.44. The molecule has 1 aliphatic carbocycles. The van der Waals surface area contributed by atoms with E-state index >= 15 is 0 Å². The molecule has 0 N–H and O–H groups in total. The summed E-state index contributed by atoms with van der Waals surface area (Å²) < 4.78 is 8.45. The quantitative estimate of drug-likeness (QED) is 0.693. The van der Waals surface area contributed by atoms with Crippen LogP contribution in [0.4, 0.5) is 5.82 Å². The van der Waals surface area contributed by atoms with Crippen LogP contribution in [0.25, 0.3) is 11.0 Å². The highest BCUT2D eigenvalue weighted by atomic mass is 32.1. The third-order valence-corrected chi connectivity index (χ3v) is 5.97. The van der Waals surface area contributed by atoms with Crippen molar-refractivity contribution in [3.63, 3.8) is 0 Å². The number of fused-ring (bicyclic) bond motifs is 1. The third kappa shape index (κ3) is 3.25. The van der Waals surface area contributed by atoms with Gasteiger partial charge in [-0.25, -0.2) is 9.97 Å². The molecule has 0 atom stereocenters. The Balaban J connectivity index is 1.28. The second kappa shape index (κ2) is 6.84. The SMILES string of the molecule is O=C(c1ccc2nsnc2c1)N1CCC(N(c2ccncn2)C2CC2)CC1. The summed E-state index contributed by atoms with van der Waals surface area (Å²) in [6.45, 7) is 1.54. The van der Waals surface area contributed by atoms with Gasteiger partial charge in [-0.2, -0.15) is 8.75 Å². The molecule has 3 aromatic rings. The summed E-state index contributed by atoms with van der Waals surface area (Å²) in [5, 5.41) is 0. The molecule has 0 unspecified atom stereocenters. The summed E-state index contributed by atoms with van der Waals surface area (Å²) in [5.74, 6) is 1.10. The lowest BCUT2D eigenvalue weighted by Crippen LogP contribution is -2.48. The number of hydrogen-bond acceptors (Lipinski definition) is 7. The van der Waals surface area contributed by atoms with E-state index in [0.717, 1.165) is 42.8 Å². The monoisotopic (exact) mass is 380 g/mol. The first kappa shape index (κ1) is 16.6. The first-order valence-electron chi connectivity index (χ1n) is 9.35. The van der Waals surface area contributed by atoms with Crippen LogP contribution in [0, 0.1) is 0 Å². The van der Waals surface area contributed by atoms with Gasteiger partial charge < -0.3 is 9.80 Å². The summed E-state index contributed by atoms with van der Waals surface area (Å²) in [5.41, 5.74) is 2.34. The van der Waals surface area contributed by atoms with E-state index in [1.165, 1.54) is 24.6 Å². The third-order valence-electron chi connectivity index (χ3n) is 5.42. The molecule has 5 rings (SSSR count). The molecule has 27 heavy (non-hydrogen) atoms. The first-order chi connectivity index (χ1) is 13.3. The lowest BCUT2D eigenvalue weighted by atomic mass is 10.0. The van der Waals surface area contributed by atoms with Gasteiger partial charge in [-0.15, -0.1) is 0 Å². The lowest BCUT2D eigenvalue weighted by molar-refractivity contribution is 0.0712. The summed E-state index contributed by atoms with van der Waals surface area (Å²) in [4.78, 5) is 25.8. The van der Waals surface area contributed by atoms with Crippen LogP contribution in [0.2, 0.25) is 0 Å². The minimum absolute atomic E-state index is 0.0864. The van der Waals surface area contributed by atoms with Crippen molar-refractivity contribution in [1.29, 1.82) is 0 Å².